The van der Waals surface area contributed by atoms with Crippen LogP contribution in [0.3, 0.4) is 0 Å². The molecule has 1 aliphatic heterocycles. The molecule has 190 valence electrons. The topological polar surface area (TPSA) is 91.8 Å². The fraction of sp³-hybridized carbons (Fsp3) is 0.818. The zero-order valence-electron chi connectivity index (χ0n) is 21.9. The third kappa shape index (κ3) is 5.87. The maximum Gasteiger partial charge on any atom is 0.356 e. The number of aromatic nitrogens is 2. The molecule has 0 saturated carbocycles. The highest BCUT2D eigenvalue weighted by Crippen LogP contribution is 2.43. The normalized spacial score (nSPS) is 24.8. The van der Waals surface area contributed by atoms with E-state index in [1.54, 1.807) is 0 Å². The number of carbonyl (C=O) groups excluding carboxylic acids is 1. The zero-order valence-corrected chi connectivity index (χ0v) is 23.9. The number of methoxy groups -OCH3 is 1. The lowest BCUT2D eigenvalue weighted by Gasteiger charge is -2.40. The minimum Gasteiger partial charge on any atom is -0.464 e. The van der Waals surface area contributed by atoms with Crippen molar-refractivity contribution in [1.29, 1.82) is 0 Å². The maximum absolute atomic E-state index is 15.9. The van der Waals surface area contributed by atoms with E-state index in [0.29, 0.717) is 0 Å². The first-order valence-electron chi connectivity index (χ1n) is 11.3. The van der Waals surface area contributed by atoms with Crippen LogP contribution >= 0.6 is 0 Å². The number of carbonyl (C=O) groups is 1. The Morgan fingerprint density at radius 2 is 1.67 bits per heavy atom. The second kappa shape index (κ2) is 9.40. The molecule has 1 aliphatic rings. The molecule has 0 aliphatic carbocycles. The average molecular weight is 505 g/mol. The van der Waals surface area contributed by atoms with Gasteiger partial charge in [0.2, 0.25) is 0 Å². The van der Waals surface area contributed by atoms with Gasteiger partial charge in [-0.1, -0.05) is 41.5 Å². The van der Waals surface area contributed by atoms with Crippen molar-refractivity contribution in [3.8, 4) is 0 Å². The van der Waals surface area contributed by atoms with Gasteiger partial charge >= 0.3 is 11.7 Å². The first kappa shape index (κ1) is 28.0. The number of alkyl halides is 1. The van der Waals surface area contributed by atoms with Gasteiger partial charge in [0.1, 0.15) is 17.9 Å². The monoisotopic (exact) mass is 504 g/mol. The van der Waals surface area contributed by atoms with Crippen LogP contribution in [-0.2, 0) is 18.3 Å². The lowest BCUT2D eigenvalue weighted by atomic mass is 10.1. The maximum atomic E-state index is 15.9. The van der Waals surface area contributed by atoms with Crippen molar-refractivity contribution in [1.82, 2.24) is 9.55 Å². The summed E-state index contributed by atoms with van der Waals surface area (Å²) < 4.78 is 40.5. The molecule has 1 aromatic rings. The first-order valence-corrected chi connectivity index (χ1v) is 17.1. The third-order valence-corrected chi connectivity index (χ3v) is 16.3. The Balaban J connectivity index is 2.38. The van der Waals surface area contributed by atoms with Gasteiger partial charge in [-0.3, -0.25) is 9.55 Å². The SMILES string of the molecule is COC(=O)c1cn([C@@H]2O[C@H](CO[Si](C)(C)C(C)(C)C)[C@@H](O[Si](C)(C)C(C)(C)C)[C@H]2F)c(=O)[nH]1. The minimum atomic E-state index is -2.36. The summed E-state index contributed by atoms with van der Waals surface area (Å²) in [6, 6.07) is 0. The molecule has 2 heterocycles. The molecule has 0 aromatic carbocycles. The number of esters is 1. The van der Waals surface area contributed by atoms with Crippen LogP contribution in [0.2, 0.25) is 36.3 Å². The summed E-state index contributed by atoms with van der Waals surface area (Å²) in [5.74, 6) is -0.717. The highest BCUT2D eigenvalue weighted by molar-refractivity contribution is 6.74. The molecule has 4 atom stereocenters. The van der Waals surface area contributed by atoms with E-state index in [2.05, 4.69) is 77.5 Å². The van der Waals surface area contributed by atoms with Crippen molar-refractivity contribution < 1.29 is 27.5 Å². The molecule has 0 radical (unpaired) electrons. The molecule has 1 fully saturated rings. The minimum absolute atomic E-state index is 0.0249. The average Bonchev–Trinajstić information content (AvgIpc) is 3.18. The van der Waals surface area contributed by atoms with E-state index in [0.717, 1.165) is 4.57 Å². The van der Waals surface area contributed by atoms with Crippen molar-refractivity contribution in [2.75, 3.05) is 13.7 Å². The van der Waals surface area contributed by atoms with Crippen molar-refractivity contribution in [2.24, 2.45) is 0 Å². The van der Waals surface area contributed by atoms with Crippen LogP contribution in [0.4, 0.5) is 4.39 Å². The van der Waals surface area contributed by atoms with E-state index in [9.17, 15) is 9.59 Å². The van der Waals surface area contributed by atoms with Crippen LogP contribution < -0.4 is 5.69 Å². The van der Waals surface area contributed by atoms with Gasteiger partial charge in [-0.2, -0.15) is 0 Å². The molecule has 8 nitrogen and oxygen atoms in total. The standard InChI is InChI=1S/C22H41FN2O6Si2/c1-21(2,3)32(8,9)29-13-15-17(31-33(10,11)22(4,5)6)16(23)18(30-15)25-12-14(19(26)28-7)24-20(25)27/h12,15-18H,13H2,1-11H3,(H,24,27)/t15-,16-,17-,18-/m1/s1. The number of aromatic amines is 1. The van der Waals surface area contributed by atoms with Gasteiger partial charge in [0.25, 0.3) is 0 Å². The number of hydrogen-bond acceptors (Lipinski definition) is 6. The van der Waals surface area contributed by atoms with E-state index in [-0.39, 0.29) is 22.4 Å². The van der Waals surface area contributed by atoms with Crippen molar-refractivity contribution in [3.63, 3.8) is 0 Å². The van der Waals surface area contributed by atoms with Gasteiger partial charge in [0.05, 0.1) is 13.7 Å². The Bertz CT molecular complexity index is 900. The van der Waals surface area contributed by atoms with E-state index in [1.807, 2.05) is 0 Å². The summed E-state index contributed by atoms with van der Waals surface area (Å²) in [4.78, 5) is 26.7. The van der Waals surface area contributed by atoms with Crippen LogP contribution in [0, 0.1) is 0 Å². The van der Waals surface area contributed by atoms with Gasteiger partial charge < -0.3 is 18.3 Å². The summed E-state index contributed by atoms with van der Waals surface area (Å²) in [5.41, 5.74) is -0.721. The molecule has 0 amide bonds. The predicted molar refractivity (Wildman–Crippen MR) is 130 cm³/mol. The zero-order chi connectivity index (χ0) is 25.6. The molecule has 33 heavy (non-hydrogen) atoms. The summed E-state index contributed by atoms with van der Waals surface area (Å²) in [7, 11) is -3.28. The lowest BCUT2D eigenvalue weighted by Crippen LogP contribution is -2.50. The smallest absolute Gasteiger partial charge is 0.356 e. The molecule has 11 heteroatoms. The fourth-order valence-electron chi connectivity index (χ4n) is 3.03. The van der Waals surface area contributed by atoms with Gasteiger partial charge in [0.15, 0.2) is 29.0 Å². The fourth-order valence-corrected chi connectivity index (χ4v) is 5.36. The molecular weight excluding hydrogens is 463 g/mol. The molecule has 0 bridgehead atoms. The highest BCUT2D eigenvalue weighted by atomic mass is 28.4. The third-order valence-electron chi connectivity index (χ3n) is 7.34. The largest absolute Gasteiger partial charge is 0.464 e. The van der Waals surface area contributed by atoms with Gasteiger partial charge in [0, 0.05) is 6.20 Å². The molecule has 0 spiro atoms. The second-order valence-electron chi connectivity index (χ2n) is 11.8. The number of rotatable bonds is 7. The van der Waals surface area contributed by atoms with Crippen LogP contribution in [0.25, 0.3) is 0 Å². The quantitative estimate of drug-likeness (QED) is 0.431. The summed E-state index contributed by atoms with van der Waals surface area (Å²) in [6.45, 7) is 21.2. The molecule has 0 unspecified atom stereocenters. The molecule has 2 rings (SSSR count). The van der Waals surface area contributed by atoms with Crippen LogP contribution in [-0.4, -0.2) is 64.3 Å². The molecule has 1 saturated heterocycles. The first-order chi connectivity index (χ1) is 14.8. The molecule has 1 aromatic heterocycles. The Morgan fingerprint density at radius 3 is 2.15 bits per heavy atom. The Kier molecular flexibility index (Phi) is 7.97. The number of imidazole rings is 1. The Hall–Kier alpha value is -1.28. The van der Waals surface area contributed by atoms with E-state index >= 15 is 4.39 Å². The summed E-state index contributed by atoms with van der Waals surface area (Å²) >= 11 is 0. The summed E-state index contributed by atoms with van der Waals surface area (Å²) in [6.07, 6.45) is -3.23. The molecule has 1 N–H and O–H groups in total. The Labute approximate surface area is 198 Å². The number of nitrogens with zero attached hydrogens (tertiary/aromatic N) is 1. The van der Waals surface area contributed by atoms with Crippen molar-refractivity contribution >= 4 is 22.6 Å². The highest BCUT2D eigenvalue weighted by Gasteiger charge is 2.52. The second-order valence-corrected chi connectivity index (χ2v) is 21.4. The lowest BCUT2D eigenvalue weighted by molar-refractivity contribution is -0.0448. The number of nitrogens with one attached hydrogen (secondary N) is 1. The van der Waals surface area contributed by atoms with Crippen molar-refractivity contribution in [2.45, 2.75) is 102 Å². The predicted octanol–water partition coefficient (Wildman–Crippen LogP) is 4.61. The van der Waals surface area contributed by atoms with E-state index < -0.39 is 52.9 Å². The molecular formula is C22H41FN2O6Si2. The van der Waals surface area contributed by atoms with Gasteiger partial charge in [-0.25, -0.2) is 14.0 Å². The number of ether oxygens (including phenoxy) is 2. The van der Waals surface area contributed by atoms with Crippen LogP contribution in [0.1, 0.15) is 58.3 Å². The van der Waals surface area contributed by atoms with Crippen molar-refractivity contribution in [3.05, 3.63) is 22.4 Å². The summed E-state index contributed by atoms with van der Waals surface area (Å²) in [5, 5.41) is -0.165. The number of halogens is 1. The number of hydrogen-bond donors (Lipinski definition) is 1. The number of H-pyrrole nitrogens is 1. The van der Waals surface area contributed by atoms with Gasteiger partial charge in [-0.05, 0) is 36.3 Å². The Morgan fingerprint density at radius 1 is 1.12 bits per heavy atom. The van der Waals surface area contributed by atoms with E-state index in [4.69, 9.17) is 13.6 Å². The van der Waals surface area contributed by atoms with E-state index in [1.165, 1.54) is 13.3 Å². The van der Waals surface area contributed by atoms with Crippen LogP contribution in [0.15, 0.2) is 11.0 Å². The van der Waals surface area contributed by atoms with Gasteiger partial charge in [-0.15, -0.1) is 0 Å². The van der Waals surface area contributed by atoms with Crippen LogP contribution in [0.5, 0.6) is 0 Å².